The molecule has 1 aliphatic heterocycles. The van der Waals surface area contributed by atoms with Crippen LogP contribution in [-0.4, -0.2) is 33.8 Å². The summed E-state index contributed by atoms with van der Waals surface area (Å²) in [5, 5.41) is 0.329. The SMILES string of the molecule is Cc1cc(/C=C2\SC(=O)N(CCOc3ccc(Cl)cc3)C2=O)c(C)n1-c1ccc(Br)cc1. The first-order chi connectivity index (χ1) is 15.3. The molecule has 164 valence electrons. The number of halogens is 2. The summed E-state index contributed by atoms with van der Waals surface area (Å²) in [5.41, 5.74) is 4.00. The zero-order valence-electron chi connectivity index (χ0n) is 17.5. The van der Waals surface area contributed by atoms with E-state index < -0.39 is 0 Å². The molecule has 2 aromatic carbocycles. The predicted octanol–water partition coefficient (Wildman–Crippen LogP) is 6.63. The number of aryl methyl sites for hydroxylation is 1. The molecule has 1 fully saturated rings. The van der Waals surface area contributed by atoms with Crippen LogP contribution in [-0.2, 0) is 4.79 Å². The Labute approximate surface area is 204 Å². The summed E-state index contributed by atoms with van der Waals surface area (Å²) >= 11 is 10.3. The number of ether oxygens (including phenoxy) is 1. The van der Waals surface area contributed by atoms with Gasteiger partial charge < -0.3 is 9.30 Å². The largest absolute Gasteiger partial charge is 0.492 e. The maximum absolute atomic E-state index is 12.8. The molecular formula is C24H20BrClN2O3S. The van der Waals surface area contributed by atoms with Crippen LogP contribution in [0.1, 0.15) is 17.0 Å². The summed E-state index contributed by atoms with van der Waals surface area (Å²) in [6.07, 6.45) is 1.79. The van der Waals surface area contributed by atoms with Crippen LogP contribution in [0, 0.1) is 13.8 Å². The van der Waals surface area contributed by atoms with Gasteiger partial charge in [0.05, 0.1) is 11.4 Å². The third-order valence-corrected chi connectivity index (χ3v) is 6.80. The van der Waals surface area contributed by atoms with Crippen LogP contribution >= 0.6 is 39.3 Å². The topological polar surface area (TPSA) is 51.5 Å². The highest BCUT2D eigenvalue weighted by Gasteiger charge is 2.35. The number of rotatable bonds is 6. The maximum atomic E-state index is 12.8. The average Bonchev–Trinajstić information content (AvgIpc) is 3.19. The van der Waals surface area contributed by atoms with Crippen molar-refractivity contribution in [3.8, 4) is 11.4 Å². The van der Waals surface area contributed by atoms with Gasteiger partial charge in [-0.2, -0.15) is 0 Å². The fraction of sp³-hybridized carbons (Fsp3) is 0.167. The van der Waals surface area contributed by atoms with Gasteiger partial charge in [-0.05, 0) is 91.8 Å². The fourth-order valence-corrected chi connectivity index (χ4v) is 4.79. The lowest BCUT2D eigenvalue weighted by Crippen LogP contribution is -2.32. The smallest absolute Gasteiger partial charge is 0.293 e. The third-order valence-electron chi connectivity index (χ3n) is 5.11. The van der Waals surface area contributed by atoms with E-state index in [-0.39, 0.29) is 24.3 Å². The Kier molecular flexibility index (Phi) is 6.79. The maximum Gasteiger partial charge on any atom is 0.293 e. The molecule has 1 aliphatic rings. The Morgan fingerprint density at radius 1 is 1.06 bits per heavy atom. The minimum atomic E-state index is -0.298. The molecule has 0 unspecified atom stereocenters. The number of hydrogen-bond donors (Lipinski definition) is 0. The number of thioether (sulfide) groups is 1. The van der Waals surface area contributed by atoms with Crippen LogP contribution < -0.4 is 4.74 Å². The molecule has 2 amide bonds. The van der Waals surface area contributed by atoms with Gasteiger partial charge in [-0.1, -0.05) is 27.5 Å². The quantitative estimate of drug-likeness (QED) is 0.335. The molecule has 0 bridgehead atoms. The standard InChI is InChI=1S/C24H20BrClN2O3S/c1-15-13-17(16(2)28(15)20-7-3-18(25)4-8-20)14-22-23(29)27(24(30)32-22)11-12-31-21-9-5-19(26)6-10-21/h3-10,13-14H,11-12H2,1-2H3/b22-14-. The number of hydrogen-bond acceptors (Lipinski definition) is 4. The van der Waals surface area contributed by atoms with Crippen LogP contribution in [0.5, 0.6) is 5.75 Å². The second-order valence-corrected chi connectivity index (χ2v) is 9.62. The number of carbonyl (C=O) groups is 2. The third kappa shape index (κ3) is 4.80. The van der Waals surface area contributed by atoms with Gasteiger partial charge in [-0.25, -0.2) is 0 Å². The Morgan fingerprint density at radius 3 is 2.44 bits per heavy atom. The van der Waals surface area contributed by atoms with Crippen molar-refractivity contribution in [3.63, 3.8) is 0 Å². The molecular weight excluding hydrogens is 512 g/mol. The summed E-state index contributed by atoms with van der Waals surface area (Å²) < 4.78 is 8.77. The average molecular weight is 532 g/mol. The Bertz CT molecular complexity index is 1200. The van der Waals surface area contributed by atoms with Crippen molar-refractivity contribution in [2.24, 2.45) is 0 Å². The van der Waals surface area contributed by atoms with Crippen LogP contribution in [0.15, 0.2) is 64.0 Å². The predicted molar refractivity (Wildman–Crippen MR) is 133 cm³/mol. The monoisotopic (exact) mass is 530 g/mol. The molecule has 8 heteroatoms. The number of nitrogens with zero attached hydrogens (tertiary/aromatic N) is 2. The van der Waals surface area contributed by atoms with E-state index in [4.69, 9.17) is 16.3 Å². The van der Waals surface area contributed by atoms with Gasteiger partial charge in [-0.3, -0.25) is 14.5 Å². The molecule has 5 nitrogen and oxygen atoms in total. The lowest BCUT2D eigenvalue weighted by atomic mass is 10.2. The van der Waals surface area contributed by atoms with Gasteiger partial charge in [0, 0.05) is 26.6 Å². The fourth-order valence-electron chi connectivity index (χ4n) is 3.54. The zero-order valence-corrected chi connectivity index (χ0v) is 20.6. The van der Waals surface area contributed by atoms with Crippen molar-refractivity contribution in [1.29, 1.82) is 0 Å². The summed E-state index contributed by atoms with van der Waals surface area (Å²) in [4.78, 5) is 26.9. The van der Waals surface area contributed by atoms with Gasteiger partial charge in [0.1, 0.15) is 12.4 Å². The molecule has 1 aromatic heterocycles. The molecule has 0 atom stereocenters. The number of aromatic nitrogens is 1. The van der Waals surface area contributed by atoms with E-state index in [0.717, 1.165) is 38.9 Å². The van der Waals surface area contributed by atoms with Crippen molar-refractivity contribution < 1.29 is 14.3 Å². The van der Waals surface area contributed by atoms with Gasteiger partial charge in [-0.15, -0.1) is 0 Å². The van der Waals surface area contributed by atoms with Gasteiger partial charge in [0.25, 0.3) is 11.1 Å². The summed E-state index contributed by atoms with van der Waals surface area (Å²) in [6.45, 7) is 4.42. The van der Waals surface area contributed by atoms with E-state index in [1.54, 1.807) is 30.3 Å². The number of amides is 2. The van der Waals surface area contributed by atoms with E-state index in [1.165, 1.54) is 4.90 Å². The van der Waals surface area contributed by atoms with Crippen molar-refractivity contribution in [3.05, 3.63) is 85.9 Å². The van der Waals surface area contributed by atoms with Crippen LogP contribution in [0.4, 0.5) is 4.79 Å². The molecule has 32 heavy (non-hydrogen) atoms. The second kappa shape index (κ2) is 9.57. The van der Waals surface area contributed by atoms with Crippen molar-refractivity contribution in [2.75, 3.05) is 13.2 Å². The van der Waals surface area contributed by atoms with Gasteiger partial charge in [0.15, 0.2) is 0 Å². The molecule has 0 N–H and O–H groups in total. The summed E-state index contributed by atoms with van der Waals surface area (Å²) in [5.74, 6) is 0.338. The molecule has 4 rings (SSSR count). The highest BCUT2D eigenvalue weighted by atomic mass is 79.9. The Morgan fingerprint density at radius 2 is 1.75 bits per heavy atom. The molecule has 2 heterocycles. The van der Waals surface area contributed by atoms with Gasteiger partial charge >= 0.3 is 0 Å². The first-order valence-corrected chi connectivity index (χ1v) is 11.9. The van der Waals surface area contributed by atoms with E-state index >= 15 is 0 Å². The van der Waals surface area contributed by atoms with Crippen LogP contribution in [0.3, 0.4) is 0 Å². The number of carbonyl (C=O) groups excluding carboxylic acids is 2. The molecule has 0 saturated carbocycles. The number of benzene rings is 2. The van der Waals surface area contributed by atoms with E-state index in [1.807, 2.05) is 44.2 Å². The van der Waals surface area contributed by atoms with E-state index in [0.29, 0.717) is 15.7 Å². The van der Waals surface area contributed by atoms with Crippen molar-refractivity contribution in [1.82, 2.24) is 9.47 Å². The molecule has 0 aliphatic carbocycles. The first kappa shape index (κ1) is 22.7. The van der Waals surface area contributed by atoms with Crippen LogP contribution in [0.25, 0.3) is 11.8 Å². The summed E-state index contributed by atoms with van der Waals surface area (Å²) in [7, 11) is 0. The minimum absolute atomic E-state index is 0.183. The molecule has 0 spiro atoms. The van der Waals surface area contributed by atoms with Crippen LogP contribution in [0.2, 0.25) is 5.02 Å². The van der Waals surface area contributed by atoms with Crippen molar-refractivity contribution in [2.45, 2.75) is 13.8 Å². The minimum Gasteiger partial charge on any atom is -0.492 e. The molecule has 3 aromatic rings. The molecule has 0 radical (unpaired) electrons. The summed E-state index contributed by atoms with van der Waals surface area (Å²) in [6, 6.07) is 17.0. The highest BCUT2D eigenvalue weighted by Crippen LogP contribution is 2.33. The highest BCUT2D eigenvalue weighted by molar-refractivity contribution is 9.10. The first-order valence-electron chi connectivity index (χ1n) is 9.92. The van der Waals surface area contributed by atoms with Crippen molar-refractivity contribution >= 4 is 56.5 Å². The van der Waals surface area contributed by atoms with E-state index in [2.05, 4.69) is 20.5 Å². The Hall–Kier alpha value is -2.48. The number of imide groups is 1. The molecule has 1 saturated heterocycles. The normalized spacial score (nSPS) is 15.1. The Balaban J connectivity index is 1.48. The lowest BCUT2D eigenvalue weighted by Gasteiger charge is -2.13. The van der Waals surface area contributed by atoms with Gasteiger partial charge in [0.2, 0.25) is 0 Å². The second-order valence-electron chi connectivity index (χ2n) is 7.27. The lowest BCUT2D eigenvalue weighted by molar-refractivity contribution is -0.123. The van der Waals surface area contributed by atoms with E-state index in [9.17, 15) is 9.59 Å². The zero-order chi connectivity index (χ0) is 22.8.